The van der Waals surface area contributed by atoms with Crippen LogP contribution in [0.3, 0.4) is 0 Å². The third kappa shape index (κ3) is 5.89. The second-order valence-corrected chi connectivity index (χ2v) is 8.34. The van der Waals surface area contributed by atoms with Crippen LogP contribution in [0.2, 0.25) is 0 Å². The van der Waals surface area contributed by atoms with Gasteiger partial charge in [0.25, 0.3) is 0 Å². The quantitative estimate of drug-likeness (QED) is 0.212. The van der Waals surface area contributed by atoms with Gasteiger partial charge in [0, 0.05) is 17.3 Å². The molecule has 194 valence electrons. The molecule has 12 heteroatoms. The van der Waals surface area contributed by atoms with Gasteiger partial charge in [-0.05, 0) is 55.0 Å². The molecule has 0 saturated carbocycles. The first kappa shape index (κ1) is 26.2. The Morgan fingerprint density at radius 3 is 2.47 bits per heavy atom. The highest BCUT2D eigenvalue weighted by molar-refractivity contribution is 5.83. The van der Waals surface area contributed by atoms with Gasteiger partial charge in [-0.15, -0.1) is 0 Å². The number of fused-ring (bicyclic) bond motifs is 1. The zero-order valence-corrected chi connectivity index (χ0v) is 19.7. The molecule has 0 unspecified atom stereocenters. The third-order valence-corrected chi connectivity index (χ3v) is 5.70. The molecule has 0 aliphatic carbocycles. The zero-order chi connectivity index (χ0) is 27.4. The fourth-order valence-corrected chi connectivity index (χ4v) is 3.86. The van der Waals surface area contributed by atoms with Gasteiger partial charge in [-0.2, -0.15) is 18.4 Å². The van der Waals surface area contributed by atoms with E-state index in [1.165, 1.54) is 19.1 Å². The lowest BCUT2D eigenvalue weighted by Gasteiger charge is -2.27. The van der Waals surface area contributed by atoms with Gasteiger partial charge in [0.15, 0.2) is 17.5 Å². The van der Waals surface area contributed by atoms with Gasteiger partial charge in [-0.3, -0.25) is 4.98 Å². The molecule has 2 aromatic heterocycles. The van der Waals surface area contributed by atoms with E-state index in [0.717, 1.165) is 29.1 Å². The highest BCUT2D eigenvalue weighted by atomic mass is 19.4. The van der Waals surface area contributed by atoms with Crippen LogP contribution in [-0.4, -0.2) is 27.2 Å². The summed E-state index contributed by atoms with van der Waals surface area (Å²) in [4.78, 5) is 19.7. The number of alkyl halides is 3. The van der Waals surface area contributed by atoms with E-state index in [9.17, 15) is 32.7 Å². The molecule has 0 aliphatic heterocycles. The molecule has 2 aromatic carbocycles. The molecule has 0 bridgehead atoms. The Hall–Kier alpha value is -4.92. The minimum atomic E-state index is -4.56. The minimum Gasteiger partial charge on any atom is -0.465 e. The second-order valence-electron chi connectivity index (χ2n) is 8.34. The van der Waals surface area contributed by atoms with E-state index in [2.05, 4.69) is 25.9 Å². The predicted molar refractivity (Wildman–Crippen MR) is 132 cm³/mol. The van der Waals surface area contributed by atoms with Crippen LogP contribution in [-0.2, 0) is 6.18 Å². The number of hydrogen-bond donors (Lipinski definition) is 4. The van der Waals surface area contributed by atoms with Crippen LogP contribution in [0.1, 0.15) is 29.7 Å². The highest BCUT2D eigenvalue weighted by Crippen LogP contribution is 2.32. The summed E-state index contributed by atoms with van der Waals surface area (Å²) in [5, 5.41) is 27.5. The normalized spacial score (nSPS) is 12.8. The molecule has 0 aliphatic rings. The van der Waals surface area contributed by atoms with Gasteiger partial charge in [0.05, 0.1) is 28.7 Å². The highest BCUT2D eigenvalue weighted by Gasteiger charge is 2.31. The summed E-state index contributed by atoms with van der Waals surface area (Å²) < 4.78 is 54.1. The molecule has 2 atom stereocenters. The SMILES string of the molecule is C[C@H](NC(=O)O)[C@@H](Nc1nc(Nc2ccc3ncccc3c2)c(C#N)cc1F)c1ccc(C(F)(F)F)cc1. The van der Waals surface area contributed by atoms with Gasteiger partial charge < -0.3 is 21.1 Å². The Bertz CT molecular complexity index is 1520. The van der Waals surface area contributed by atoms with Crippen molar-refractivity contribution >= 4 is 34.3 Å². The number of benzene rings is 2. The number of nitrogens with one attached hydrogen (secondary N) is 3. The van der Waals surface area contributed by atoms with Crippen LogP contribution in [0.5, 0.6) is 0 Å². The van der Waals surface area contributed by atoms with Crippen molar-refractivity contribution in [1.82, 2.24) is 15.3 Å². The number of amides is 1. The maximum absolute atomic E-state index is 15.0. The van der Waals surface area contributed by atoms with Crippen molar-refractivity contribution in [2.75, 3.05) is 10.6 Å². The van der Waals surface area contributed by atoms with Crippen LogP contribution in [0, 0.1) is 17.1 Å². The van der Waals surface area contributed by atoms with Crippen molar-refractivity contribution in [3.8, 4) is 6.07 Å². The number of pyridine rings is 2. The van der Waals surface area contributed by atoms with E-state index in [4.69, 9.17) is 0 Å². The van der Waals surface area contributed by atoms with Crippen molar-refractivity contribution in [3.63, 3.8) is 0 Å². The summed E-state index contributed by atoms with van der Waals surface area (Å²) in [7, 11) is 0. The Balaban J connectivity index is 1.69. The van der Waals surface area contributed by atoms with E-state index in [0.29, 0.717) is 5.69 Å². The van der Waals surface area contributed by atoms with Gasteiger partial charge in [0.2, 0.25) is 0 Å². The molecule has 4 N–H and O–H groups in total. The molecule has 4 aromatic rings. The van der Waals surface area contributed by atoms with E-state index in [1.54, 1.807) is 30.5 Å². The van der Waals surface area contributed by atoms with Crippen LogP contribution in [0.4, 0.5) is 39.7 Å². The monoisotopic (exact) mass is 524 g/mol. The van der Waals surface area contributed by atoms with Gasteiger partial charge in [0.1, 0.15) is 6.07 Å². The molecule has 0 saturated heterocycles. The number of carboxylic acid groups (broad SMARTS) is 1. The smallest absolute Gasteiger partial charge is 0.416 e. The molecule has 0 radical (unpaired) electrons. The average Bonchev–Trinajstić information content (AvgIpc) is 2.87. The number of anilines is 3. The molecule has 1 amide bonds. The number of rotatable bonds is 7. The number of carbonyl (C=O) groups is 1. The number of hydrogen-bond acceptors (Lipinski definition) is 6. The van der Waals surface area contributed by atoms with E-state index < -0.39 is 35.7 Å². The summed E-state index contributed by atoms with van der Waals surface area (Å²) in [6.07, 6.45) is -4.29. The van der Waals surface area contributed by atoms with Crippen LogP contribution < -0.4 is 16.0 Å². The third-order valence-electron chi connectivity index (χ3n) is 5.70. The molecule has 4 rings (SSSR count). The van der Waals surface area contributed by atoms with Gasteiger partial charge in [-0.1, -0.05) is 18.2 Å². The first-order valence-corrected chi connectivity index (χ1v) is 11.2. The van der Waals surface area contributed by atoms with Crippen LogP contribution in [0.15, 0.2) is 66.9 Å². The Kier molecular flexibility index (Phi) is 7.29. The van der Waals surface area contributed by atoms with Crippen LogP contribution in [0.25, 0.3) is 10.9 Å². The Morgan fingerprint density at radius 2 is 1.82 bits per heavy atom. The first-order valence-electron chi connectivity index (χ1n) is 11.2. The van der Waals surface area contributed by atoms with Crippen molar-refractivity contribution < 1.29 is 27.5 Å². The van der Waals surface area contributed by atoms with E-state index in [1.807, 2.05) is 12.1 Å². The Morgan fingerprint density at radius 1 is 1.08 bits per heavy atom. The number of halogens is 4. The molecule has 38 heavy (non-hydrogen) atoms. The van der Waals surface area contributed by atoms with Gasteiger partial charge in [-0.25, -0.2) is 14.2 Å². The summed E-state index contributed by atoms with van der Waals surface area (Å²) in [5.74, 6) is -1.23. The maximum Gasteiger partial charge on any atom is 0.416 e. The maximum atomic E-state index is 15.0. The summed E-state index contributed by atoms with van der Waals surface area (Å²) >= 11 is 0. The number of nitrogens with zero attached hydrogens (tertiary/aromatic N) is 3. The van der Waals surface area contributed by atoms with Crippen LogP contribution >= 0.6 is 0 Å². The first-order chi connectivity index (χ1) is 18.0. The predicted octanol–water partition coefficient (Wildman–Crippen LogP) is 6.21. The number of aromatic nitrogens is 2. The fourth-order valence-electron chi connectivity index (χ4n) is 3.86. The van der Waals surface area contributed by atoms with Crippen molar-refractivity contribution in [1.29, 1.82) is 5.26 Å². The molecular formula is C26H20F4N6O2. The van der Waals surface area contributed by atoms with Crippen molar-refractivity contribution in [3.05, 3.63) is 89.4 Å². The molecule has 0 fully saturated rings. The average molecular weight is 524 g/mol. The van der Waals surface area contributed by atoms with E-state index >= 15 is 0 Å². The lowest BCUT2D eigenvalue weighted by molar-refractivity contribution is -0.137. The summed E-state index contributed by atoms with van der Waals surface area (Å²) in [6, 6.07) is 13.8. The molecular weight excluding hydrogens is 504 g/mol. The fraction of sp³-hybridized carbons (Fsp3) is 0.154. The summed E-state index contributed by atoms with van der Waals surface area (Å²) in [6.45, 7) is 1.47. The lowest BCUT2D eigenvalue weighted by Crippen LogP contribution is -2.39. The zero-order valence-electron chi connectivity index (χ0n) is 19.7. The molecule has 0 spiro atoms. The number of nitriles is 1. The second kappa shape index (κ2) is 10.6. The van der Waals surface area contributed by atoms with Crippen molar-refractivity contribution in [2.24, 2.45) is 0 Å². The molecule has 2 heterocycles. The topological polar surface area (TPSA) is 123 Å². The lowest BCUT2D eigenvalue weighted by atomic mass is 9.98. The van der Waals surface area contributed by atoms with Gasteiger partial charge >= 0.3 is 12.3 Å². The minimum absolute atomic E-state index is 0.0182. The van der Waals surface area contributed by atoms with E-state index in [-0.39, 0.29) is 22.8 Å². The Labute approximate surface area is 214 Å². The summed E-state index contributed by atoms with van der Waals surface area (Å²) in [5.41, 5.74) is 0.557. The standard InChI is InChI=1S/C26H20F4N6O2/c1-14(33-25(37)38)22(15-4-6-18(7-5-15)26(28,29)30)35-24-20(27)12-17(13-31)23(36-24)34-19-8-9-21-16(11-19)3-2-10-32-21/h2-12,14,22,33H,1H3,(H,37,38)(H2,34,35,36)/t14-,22+/m0/s1. The molecule has 8 nitrogen and oxygen atoms in total. The largest absolute Gasteiger partial charge is 0.465 e. The van der Waals surface area contributed by atoms with Crippen molar-refractivity contribution in [2.45, 2.75) is 25.2 Å².